The van der Waals surface area contributed by atoms with Gasteiger partial charge >= 0.3 is 0 Å². The summed E-state index contributed by atoms with van der Waals surface area (Å²) in [5.41, 5.74) is 6.12. The van der Waals surface area contributed by atoms with E-state index in [1.165, 1.54) is 16.7 Å². The molecule has 0 aromatic heterocycles. The topological polar surface area (TPSA) is 24.8 Å². The van der Waals surface area contributed by atoms with Gasteiger partial charge in [0.2, 0.25) is 0 Å². The van der Waals surface area contributed by atoms with Gasteiger partial charge in [-0.25, -0.2) is 0 Å². The van der Waals surface area contributed by atoms with Crippen LogP contribution in [0.1, 0.15) is 56.8 Å². The van der Waals surface area contributed by atoms with E-state index in [1.807, 2.05) is 25.1 Å². The lowest BCUT2D eigenvalue weighted by Crippen LogP contribution is -2.18. The van der Waals surface area contributed by atoms with Gasteiger partial charge in [0.05, 0.1) is 24.0 Å². The van der Waals surface area contributed by atoms with Crippen LogP contribution in [0.3, 0.4) is 0 Å². The van der Waals surface area contributed by atoms with Crippen LogP contribution < -0.4 is 9.75 Å². The average molecular weight is 425 g/mol. The molecule has 0 amide bonds. The number of hydrogen-bond donors (Lipinski definition) is 0. The predicted molar refractivity (Wildman–Crippen MR) is 136 cm³/mol. The second-order valence-electron chi connectivity index (χ2n) is 9.20. The van der Waals surface area contributed by atoms with Crippen LogP contribution in [0.25, 0.3) is 6.08 Å². The average Bonchev–Trinajstić information content (AvgIpc) is 3.23. The van der Waals surface area contributed by atoms with E-state index in [-0.39, 0.29) is 11.5 Å². The van der Waals surface area contributed by atoms with Crippen LogP contribution >= 0.6 is 0 Å². The number of hydrazone groups is 1. The van der Waals surface area contributed by atoms with Crippen molar-refractivity contribution >= 4 is 17.5 Å². The highest BCUT2D eigenvalue weighted by Gasteiger charge is 2.28. The summed E-state index contributed by atoms with van der Waals surface area (Å²) in [6.45, 7) is 9.40. The molecule has 3 aromatic carbocycles. The number of para-hydroxylation sites is 1. The standard InChI is InChI=1S/C29H32N2O/c1-5-32-27-19-14-23(15-20-27)28-21-25(30-31(28)26-9-7-6-8-10-26)18-13-22-11-16-24(17-12-22)29(2,3)4/h6-20,28H,5,21H2,1-4H3. The summed E-state index contributed by atoms with van der Waals surface area (Å²) < 4.78 is 5.62. The number of anilines is 1. The third-order valence-corrected chi connectivity index (χ3v) is 5.78. The largest absolute Gasteiger partial charge is 0.494 e. The fraction of sp³-hybridized carbons (Fsp3) is 0.276. The second kappa shape index (κ2) is 9.44. The van der Waals surface area contributed by atoms with Gasteiger partial charge < -0.3 is 4.74 Å². The fourth-order valence-electron chi connectivity index (χ4n) is 3.95. The third-order valence-electron chi connectivity index (χ3n) is 5.78. The van der Waals surface area contributed by atoms with E-state index < -0.39 is 0 Å². The molecule has 4 rings (SSSR count). The van der Waals surface area contributed by atoms with Crippen molar-refractivity contribution in [2.75, 3.05) is 11.6 Å². The van der Waals surface area contributed by atoms with E-state index in [0.29, 0.717) is 6.61 Å². The minimum Gasteiger partial charge on any atom is -0.494 e. The Kier molecular flexibility index (Phi) is 6.45. The van der Waals surface area contributed by atoms with Crippen molar-refractivity contribution in [2.24, 2.45) is 5.10 Å². The molecule has 32 heavy (non-hydrogen) atoms. The van der Waals surface area contributed by atoms with Gasteiger partial charge in [0.15, 0.2) is 0 Å². The summed E-state index contributed by atoms with van der Waals surface area (Å²) in [7, 11) is 0. The summed E-state index contributed by atoms with van der Waals surface area (Å²) in [5, 5.41) is 7.12. The molecule has 3 aromatic rings. The molecule has 3 heteroatoms. The van der Waals surface area contributed by atoms with Crippen molar-refractivity contribution in [3.63, 3.8) is 0 Å². The highest BCUT2D eigenvalue weighted by molar-refractivity contribution is 6.01. The second-order valence-corrected chi connectivity index (χ2v) is 9.20. The predicted octanol–water partition coefficient (Wildman–Crippen LogP) is 7.40. The Morgan fingerprint density at radius 1 is 0.906 bits per heavy atom. The zero-order chi connectivity index (χ0) is 22.6. The zero-order valence-electron chi connectivity index (χ0n) is 19.5. The number of ether oxygens (including phenoxy) is 1. The molecule has 3 nitrogen and oxygen atoms in total. The van der Waals surface area contributed by atoms with Gasteiger partial charge in [0.25, 0.3) is 0 Å². The Bertz CT molecular complexity index is 1070. The Morgan fingerprint density at radius 3 is 2.22 bits per heavy atom. The minimum atomic E-state index is 0.163. The number of rotatable bonds is 6. The van der Waals surface area contributed by atoms with E-state index in [0.717, 1.165) is 23.6 Å². The van der Waals surface area contributed by atoms with Crippen LogP contribution in [0.2, 0.25) is 0 Å². The maximum absolute atomic E-state index is 5.62. The summed E-state index contributed by atoms with van der Waals surface area (Å²) >= 11 is 0. The normalized spacial score (nSPS) is 16.4. The SMILES string of the molecule is CCOc1ccc(C2CC(C=Cc3ccc(C(C)(C)C)cc3)=NN2c2ccccc2)cc1. The van der Waals surface area contributed by atoms with Crippen LogP contribution in [0, 0.1) is 0 Å². The van der Waals surface area contributed by atoms with Gasteiger partial charge in [-0.1, -0.05) is 81.4 Å². The van der Waals surface area contributed by atoms with Crippen LogP contribution in [-0.4, -0.2) is 12.3 Å². The lowest BCUT2D eigenvalue weighted by Gasteiger charge is -2.24. The van der Waals surface area contributed by atoms with Gasteiger partial charge in [-0.2, -0.15) is 5.10 Å². The first-order chi connectivity index (χ1) is 15.4. The summed E-state index contributed by atoms with van der Waals surface area (Å²) in [6, 6.07) is 27.8. The number of allylic oxidation sites excluding steroid dienone is 1. The lowest BCUT2D eigenvalue weighted by molar-refractivity contribution is 0.340. The van der Waals surface area contributed by atoms with Gasteiger partial charge in [0, 0.05) is 6.42 Å². The molecular weight excluding hydrogens is 392 g/mol. The van der Waals surface area contributed by atoms with E-state index >= 15 is 0 Å². The van der Waals surface area contributed by atoms with Crippen molar-refractivity contribution in [1.82, 2.24) is 0 Å². The van der Waals surface area contributed by atoms with Crippen LogP contribution in [0.4, 0.5) is 5.69 Å². The molecule has 0 saturated carbocycles. The molecule has 1 aliphatic rings. The molecular formula is C29H32N2O. The molecule has 0 bridgehead atoms. The molecule has 164 valence electrons. The zero-order valence-corrected chi connectivity index (χ0v) is 19.5. The Hall–Kier alpha value is -3.33. The maximum Gasteiger partial charge on any atom is 0.119 e. The van der Waals surface area contributed by atoms with Crippen LogP contribution in [0.5, 0.6) is 5.75 Å². The number of benzene rings is 3. The van der Waals surface area contributed by atoms with Gasteiger partial charge in [-0.05, 0) is 59.4 Å². The van der Waals surface area contributed by atoms with E-state index in [1.54, 1.807) is 0 Å². The van der Waals surface area contributed by atoms with Crippen molar-refractivity contribution in [3.8, 4) is 5.75 Å². The van der Waals surface area contributed by atoms with Crippen LogP contribution in [-0.2, 0) is 5.41 Å². The summed E-state index contributed by atoms with van der Waals surface area (Å²) in [5.74, 6) is 0.903. The Morgan fingerprint density at radius 2 is 1.59 bits per heavy atom. The van der Waals surface area contributed by atoms with Crippen molar-refractivity contribution in [3.05, 3.63) is 102 Å². The number of nitrogens with zero attached hydrogens (tertiary/aromatic N) is 2. The highest BCUT2D eigenvalue weighted by atomic mass is 16.5. The fourth-order valence-corrected chi connectivity index (χ4v) is 3.95. The molecule has 0 aliphatic carbocycles. The first-order valence-corrected chi connectivity index (χ1v) is 11.4. The molecule has 0 radical (unpaired) electrons. The van der Waals surface area contributed by atoms with Crippen molar-refractivity contribution in [2.45, 2.75) is 45.6 Å². The molecule has 1 heterocycles. The first kappa shape index (κ1) is 21.9. The van der Waals surface area contributed by atoms with Crippen molar-refractivity contribution < 1.29 is 4.74 Å². The first-order valence-electron chi connectivity index (χ1n) is 11.4. The quantitative estimate of drug-likeness (QED) is 0.412. The smallest absolute Gasteiger partial charge is 0.119 e. The Balaban J connectivity index is 1.57. The maximum atomic E-state index is 5.62. The van der Waals surface area contributed by atoms with E-state index in [9.17, 15) is 0 Å². The molecule has 1 aliphatic heterocycles. The highest BCUT2D eigenvalue weighted by Crippen LogP contribution is 2.36. The monoisotopic (exact) mass is 424 g/mol. The molecule has 0 saturated heterocycles. The van der Waals surface area contributed by atoms with Gasteiger partial charge in [0.1, 0.15) is 5.75 Å². The minimum absolute atomic E-state index is 0.163. The number of hydrogen-bond acceptors (Lipinski definition) is 3. The van der Waals surface area contributed by atoms with Crippen LogP contribution in [0.15, 0.2) is 90.0 Å². The van der Waals surface area contributed by atoms with E-state index in [4.69, 9.17) is 9.84 Å². The van der Waals surface area contributed by atoms with E-state index in [2.05, 4.69) is 98.6 Å². The molecule has 0 N–H and O–H groups in total. The lowest BCUT2D eigenvalue weighted by atomic mass is 9.87. The Labute approximate surface area is 192 Å². The molecule has 0 spiro atoms. The molecule has 1 unspecified atom stereocenters. The third kappa shape index (κ3) is 5.11. The van der Waals surface area contributed by atoms with Gasteiger partial charge in [-0.3, -0.25) is 5.01 Å². The summed E-state index contributed by atoms with van der Waals surface area (Å²) in [4.78, 5) is 0. The van der Waals surface area contributed by atoms with Gasteiger partial charge in [-0.15, -0.1) is 0 Å². The summed E-state index contributed by atoms with van der Waals surface area (Å²) in [6.07, 6.45) is 5.17. The molecule has 1 atom stereocenters. The van der Waals surface area contributed by atoms with Crippen molar-refractivity contribution in [1.29, 1.82) is 0 Å². The molecule has 0 fully saturated rings.